The second-order valence-corrected chi connectivity index (χ2v) is 10.6. The first-order valence-corrected chi connectivity index (χ1v) is 10.6. The Hall–Kier alpha value is 0.280. The summed E-state index contributed by atoms with van der Waals surface area (Å²) in [5.41, 5.74) is 1.21. The maximum atomic E-state index is 5.30. The van der Waals surface area contributed by atoms with Crippen molar-refractivity contribution in [3.05, 3.63) is 23.8 Å². The third-order valence-electron chi connectivity index (χ3n) is 1.74. The fraction of sp³-hybridized carbons (Fsp3) is 0.125. The van der Waals surface area contributed by atoms with E-state index in [0.29, 0.717) is 6.79 Å². The molecule has 1 aliphatic rings. The zero-order chi connectivity index (χ0) is 9.80. The number of benzene rings is 1. The summed E-state index contributed by atoms with van der Waals surface area (Å²) in [6.45, 7) is 0.352. The first kappa shape index (κ1) is 10.8. The fourth-order valence-electron chi connectivity index (χ4n) is 1.14. The summed E-state index contributed by atoms with van der Waals surface area (Å²) in [7, 11) is 6.11. The van der Waals surface area contributed by atoms with Crippen molar-refractivity contribution in [3.63, 3.8) is 0 Å². The summed E-state index contributed by atoms with van der Waals surface area (Å²) in [6, 6.07) is 6.07. The number of rotatable bonds is 3. The predicted octanol–water partition coefficient (Wildman–Crippen LogP) is 3.49. The van der Waals surface area contributed by atoms with Gasteiger partial charge in [0.05, 0.1) is 0 Å². The molecular weight excluding hydrogens is 252 g/mol. The highest BCUT2D eigenvalue weighted by molar-refractivity contribution is 8.56. The average molecular weight is 262 g/mol. The van der Waals surface area contributed by atoms with Gasteiger partial charge in [-0.3, -0.25) is 0 Å². The van der Waals surface area contributed by atoms with E-state index in [1.54, 1.807) is 0 Å². The molecule has 0 spiro atoms. The molecule has 2 nitrogen and oxygen atoms in total. The van der Waals surface area contributed by atoms with Gasteiger partial charge in [0, 0.05) is 0 Å². The van der Waals surface area contributed by atoms with Crippen LogP contribution in [0, 0.1) is 0 Å². The highest BCUT2D eigenvalue weighted by atomic mass is 32.6. The zero-order valence-corrected chi connectivity index (χ0v) is 11.4. The minimum Gasteiger partial charge on any atom is -0.454 e. The lowest BCUT2D eigenvalue weighted by Crippen LogP contribution is -1.92. The maximum Gasteiger partial charge on any atom is 0.231 e. The van der Waals surface area contributed by atoms with Crippen LogP contribution in [0.5, 0.6) is 11.5 Å². The molecule has 74 valence electrons. The van der Waals surface area contributed by atoms with E-state index in [9.17, 15) is 0 Å². The van der Waals surface area contributed by atoms with E-state index in [-0.39, 0.29) is 0 Å². The van der Waals surface area contributed by atoms with Crippen LogP contribution in [0.3, 0.4) is 0 Å². The molecule has 14 heavy (non-hydrogen) atoms. The molecule has 0 radical (unpaired) electrons. The summed E-state index contributed by atoms with van der Waals surface area (Å²) in [5.74, 6) is 3.94. The molecule has 3 atom stereocenters. The third-order valence-corrected chi connectivity index (χ3v) is 9.40. The smallest absolute Gasteiger partial charge is 0.231 e. The minimum atomic E-state index is 0.352. The molecule has 0 bridgehead atoms. The third kappa shape index (κ3) is 2.65. The molecule has 0 aliphatic carbocycles. The molecule has 6 heteroatoms. The van der Waals surface area contributed by atoms with Crippen molar-refractivity contribution >= 4 is 38.5 Å². The zero-order valence-electron chi connectivity index (χ0n) is 7.36. The molecule has 1 aliphatic heterocycles. The largest absolute Gasteiger partial charge is 0.454 e. The van der Waals surface area contributed by atoms with Crippen molar-refractivity contribution in [3.8, 4) is 11.5 Å². The van der Waals surface area contributed by atoms with Crippen LogP contribution in [-0.4, -0.2) is 12.6 Å². The second-order valence-electron chi connectivity index (χ2n) is 2.63. The van der Waals surface area contributed by atoms with Gasteiger partial charge in [-0.15, -0.1) is 8.93 Å². The molecule has 1 aromatic rings. The van der Waals surface area contributed by atoms with E-state index in [4.69, 9.17) is 9.47 Å². The molecule has 0 N–H and O–H groups in total. The molecule has 0 amide bonds. The SMILES string of the molecule is PPP/P=C/c1ccc2c(c1)OCO2. The van der Waals surface area contributed by atoms with Crippen LogP contribution in [-0.2, 0) is 0 Å². The highest BCUT2D eigenvalue weighted by Crippen LogP contribution is 2.52. The van der Waals surface area contributed by atoms with Crippen molar-refractivity contribution in [2.45, 2.75) is 0 Å². The molecule has 1 aromatic carbocycles. The molecule has 3 unspecified atom stereocenters. The molecule has 0 aromatic heterocycles. The van der Waals surface area contributed by atoms with E-state index < -0.39 is 0 Å². The lowest BCUT2D eigenvalue weighted by molar-refractivity contribution is 0.174. The number of hydrogen-bond acceptors (Lipinski definition) is 2. The average Bonchev–Trinajstić information content (AvgIpc) is 2.65. The number of ether oxygens (including phenoxy) is 2. The van der Waals surface area contributed by atoms with Crippen LogP contribution in [0.1, 0.15) is 5.56 Å². The number of hydrogen-bond donors (Lipinski definition) is 0. The topological polar surface area (TPSA) is 18.5 Å². The van der Waals surface area contributed by atoms with Crippen LogP contribution in [0.25, 0.3) is 0 Å². The quantitative estimate of drug-likeness (QED) is 0.776. The van der Waals surface area contributed by atoms with E-state index in [2.05, 4.69) is 20.8 Å². The lowest BCUT2D eigenvalue weighted by atomic mass is 10.2. The Labute approximate surface area is 90.4 Å². The fourth-order valence-corrected chi connectivity index (χ4v) is 5.71. The maximum absolute atomic E-state index is 5.30. The standard InChI is InChI=1S/C8H10O2P4/c11-13-14-12-4-6-1-2-7-8(3-6)10-5-9-7/h1-4,13-14H,5,11H2. The van der Waals surface area contributed by atoms with Gasteiger partial charge in [-0.2, -0.15) is 0 Å². The Morgan fingerprint density at radius 3 is 3.07 bits per heavy atom. The molecule has 0 saturated carbocycles. The molecule has 1 heterocycles. The van der Waals surface area contributed by atoms with Gasteiger partial charge in [0.2, 0.25) is 6.79 Å². The molecular formula is C8H10O2P4. The lowest BCUT2D eigenvalue weighted by Gasteiger charge is -1.96. The van der Waals surface area contributed by atoms with E-state index in [0.717, 1.165) is 27.4 Å². The Balaban J connectivity index is 2.12. The first-order chi connectivity index (χ1) is 6.90. The molecule has 0 fully saturated rings. The van der Waals surface area contributed by atoms with Crippen molar-refractivity contribution in [2.24, 2.45) is 0 Å². The second kappa shape index (κ2) is 5.39. The Morgan fingerprint density at radius 2 is 2.21 bits per heavy atom. The molecule has 2 rings (SSSR count). The summed E-state index contributed by atoms with van der Waals surface area (Å²) in [5, 5.41) is 0. The van der Waals surface area contributed by atoms with Crippen LogP contribution < -0.4 is 9.47 Å². The summed E-state index contributed by atoms with van der Waals surface area (Å²) in [6.07, 6.45) is 0. The van der Waals surface area contributed by atoms with Gasteiger partial charge in [0.25, 0.3) is 0 Å². The van der Waals surface area contributed by atoms with Crippen molar-refractivity contribution in [2.75, 3.05) is 6.79 Å². The summed E-state index contributed by atoms with van der Waals surface area (Å²) in [4.78, 5) is 0. The normalized spacial score (nSPS) is 15.5. The highest BCUT2D eigenvalue weighted by Gasteiger charge is 2.11. The molecule has 0 saturated heterocycles. The number of fused-ring (bicyclic) bond motifs is 1. The van der Waals surface area contributed by atoms with E-state index in [1.807, 2.05) is 12.1 Å². The van der Waals surface area contributed by atoms with Gasteiger partial charge in [-0.25, -0.2) is 0 Å². The van der Waals surface area contributed by atoms with E-state index in [1.165, 1.54) is 13.5 Å². The van der Waals surface area contributed by atoms with E-state index >= 15 is 0 Å². The van der Waals surface area contributed by atoms with Crippen molar-refractivity contribution in [1.29, 1.82) is 0 Å². The van der Waals surface area contributed by atoms with Crippen LogP contribution in [0.4, 0.5) is 0 Å². The minimum absolute atomic E-state index is 0.352. The van der Waals surface area contributed by atoms with Crippen LogP contribution >= 0.6 is 32.7 Å². The van der Waals surface area contributed by atoms with Gasteiger partial charge in [0.15, 0.2) is 11.5 Å². The van der Waals surface area contributed by atoms with Gasteiger partial charge in [-0.05, 0) is 31.5 Å². The van der Waals surface area contributed by atoms with Crippen molar-refractivity contribution in [1.82, 2.24) is 0 Å². The summed E-state index contributed by atoms with van der Waals surface area (Å²) >= 11 is 0. The Kier molecular flexibility index (Phi) is 4.15. The summed E-state index contributed by atoms with van der Waals surface area (Å²) < 4.78 is 10.5. The monoisotopic (exact) mass is 262 g/mol. The first-order valence-electron chi connectivity index (χ1n) is 4.03. The van der Waals surface area contributed by atoms with Gasteiger partial charge in [-0.1, -0.05) is 21.9 Å². The van der Waals surface area contributed by atoms with Crippen LogP contribution in [0.2, 0.25) is 0 Å². The van der Waals surface area contributed by atoms with Gasteiger partial charge in [0.1, 0.15) is 0 Å². The van der Waals surface area contributed by atoms with Gasteiger partial charge < -0.3 is 9.47 Å². The Bertz CT molecular complexity index is 353. The van der Waals surface area contributed by atoms with Gasteiger partial charge >= 0.3 is 0 Å². The Morgan fingerprint density at radius 1 is 1.36 bits per heavy atom. The van der Waals surface area contributed by atoms with Crippen LogP contribution in [0.15, 0.2) is 18.2 Å². The van der Waals surface area contributed by atoms with Crippen molar-refractivity contribution < 1.29 is 9.47 Å². The predicted molar refractivity (Wildman–Crippen MR) is 71.0 cm³/mol.